The molecule has 0 saturated carbocycles. The highest BCUT2D eigenvalue weighted by atomic mass is 79.9. The van der Waals surface area contributed by atoms with Crippen molar-refractivity contribution in [3.05, 3.63) is 32.0 Å². The van der Waals surface area contributed by atoms with E-state index in [0.717, 1.165) is 40.7 Å². The molecule has 3 rings (SSSR count). The number of piperazine rings is 1. The highest BCUT2D eigenvalue weighted by Gasteiger charge is 2.22. The van der Waals surface area contributed by atoms with E-state index in [2.05, 4.69) is 50.5 Å². The minimum absolute atomic E-state index is 0.0853. The molecule has 1 aliphatic heterocycles. The first kappa shape index (κ1) is 23.1. The summed E-state index contributed by atoms with van der Waals surface area (Å²) < 4.78 is 8.26. The van der Waals surface area contributed by atoms with E-state index in [1.165, 1.54) is 4.88 Å². The zero-order chi connectivity index (χ0) is 21.1. The van der Waals surface area contributed by atoms with Crippen LogP contribution in [0.25, 0.3) is 10.1 Å². The predicted octanol–water partition coefficient (Wildman–Crippen LogP) is 3.46. The Morgan fingerprint density at radius 2 is 2.00 bits per heavy atom. The van der Waals surface area contributed by atoms with Crippen LogP contribution >= 0.6 is 27.3 Å². The first-order chi connectivity index (χ1) is 13.0. The van der Waals surface area contributed by atoms with Gasteiger partial charge in [-0.25, -0.2) is 0 Å². The van der Waals surface area contributed by atoms with E-state index in [0.29, 0.717) is 12.5 Å². The van der Waals surface area contributed by atoms with Crippen molar-refractivity contribution in [2.45, 2.75) is 45.9 Å². The summed E-state index contributed by atoms with van der Waals surface area (Å²) >= 11 is 5.30. The second kappa shape index (κ2) is 9.52. The summed E-state index contributed by atoms with van der Waals surface area (Å²) in [6, 6.07) is 2.62. The second-order valence-corrected chi connectivity index (χ2v) is 10.2. The lowest BCUT2D eigenvalue weighted by atomic mass is 10.2. The number of ether oxygens (including phenoxy) is 1. The number of hydrogen-bond donors (Lipinski definition) is 0. The van der Waals surface area contributed by atoms with Gasteiger partial charge in [0, 0.05) is 50.3 Å². The van der Waals surface area contributed by atoms with Crippen molar-refractivity contribution in [2.75, 3.05) is 26.7 Å². The average Bonchev–Trinajstić information content (AvgIpc) is 3.00. The van der Waals surface area contributed by atoms with Crippen molar-refractivity contribution in [1.29, 1.82) is 0 Å². The van der Waals surface area contributed by atoms with Crippen molar-refractivity contribution in [3.8, 4) is 0 Å². The number of aryl methyl sites for hydroxylation is 1. The molecular weight excluding hydrogens is 442 g/mol. The van der Waals surface area contributed by atoms with Crippen LogP contribution in [-0.2, 0) is 23.1 Å². The second-order valence-electron chi connectivity index (χ2n) is 8.26. The van der Waals surface area contributed by atoms with Gasteiger partial charge in [-0.3, -0.25) is 14.5 Å². The molecule has 1 atom stereocenters. The number of fused-ring (bicyclic) bond motifs is 1. The molecule has 2 aromatic rings. The molecule has 8 heteroatoms. The molecule has 3 heterocycles. The van der Waals surface area contributed by atoms with Crippen molar-refractivity contribution in [3.63, 3.8) is 0 Å². The van der Waals surface area contributed by atoms with E-state index in [1.807, 2.05) is 27.0 Å². The van der Waals surface area contributed by atoms with Gasteiger partial charge >= 0.3 is 0 Å². The largest absolute Gasteiger partial charge is 0.462 e. The van der Waals surface area contributed by atoms with E-state index in [-0.39, 0.29) is 11.2 Å². The van der Waals surface area contributed by atoms with Gasteiger partial charge in [0.2, 0.25) is 0 Å². The minimum atomic E-state index is -0.318. The van der Waals surface area contributed by atoms with E-state index < -0.39 is 0 Å². The number of halogens is 1. The maximum Gasteiger partial charge on any atom is 0.293 e. The summed E-state index contributed by atoms with van der Waals surface area (Å²) in [6.07, 6.45) is 1.85. The van der Waals surface area contributed by atoms with Crippen LogP contribution in [0.4, 0.5) is 0 Å². The summed E-state index contributed by atoms with van der Waals surface area (Å²) in [6.45, 7) is 12.4. The zero-order valence-corrected chi connectivity index (χ0v) is 19.9. The lowest BCUT2D eigenvalue weighted by Gasteiger charge is -2.37. The van der Waals surface area contributed by atoms with Gasteiger partial charge in [0.15, 0.2) is 0 Å². The predicted molar refractivity (Wildman–Crippen MR) is 119 cm³/mol. The Balaban J connectivity index is 0.000000345. The molecule has 1 aliphatic rings. The molecule has 0 aromatic carbocycles. The number of thiophene rings is 1. The minimum Gasteiger partial charge on any atom is -0.462 e. The third-order valence-corrected chi connectivity index (χ3v) is 6.60. The molecule has 0 amide bonds. The first-order valence-electron chi connectivity index (χ1n) is 9.33. The van der Waals surface area contributed by atoms with Gasteiger partial charge in [0.05, 0.1) is 14.6 Å². The fourth-order valence-corrected chi connectivity index (χ4v) is 4.93. The first-order valence-corrected chi connectivity index (χ1v) is 10.9. The Morgan fingerprint density at radius 3 is 2.54 bits per heavy atom. The summed E-state index contributed by atoms with van der Waals surface area (Å²) in [5, 5.41) is 0.827. The Morgan fingerprint density at radius 1 is 1.32 bits per heavy atom. The maximum atomic E-state index is 12.2. The van der Waals surface area contributed by atoms with Crippen molar-refractivity contribution in [1.82, 2.24) is 14.4 Å². The number of pyridine rings is 1. The number of likely N-dealkylation sites (N-methyl/N-ethyl adjacent to an activating group) is 1. The van der Waals surface area contributed by atoms with Gasteiger partial charge in [-0.15, -0.1) is 11.3 Å². The SMILES string of the molecule is CC(C)(C)OC=O.CC1CN(C)CCN1Cc1cc2c(=O)n(C)cc(Br)c2s1. The molecule has 1 fully saturated rings. The number of nitrogens with zero attached hydrogens (tertiary/aromatic N) is 3. The van der Waals surface area contributed by atoms with Crippen LogP contribution in [0.5, 0.6) is 0 Å². The van der Waals surface area contributed by atoms with Crippen LogP contribution in [0.2, 0.25) is 0 Å². The van der Waals surface area contributed by atoms with Crippen LogP contribution in [0.3, 0.4) is 0 Å². The number of carbonyl (C=O) groups excluding carboxylic acids is 1. The Hall–Kier alpha value is -1.22. The van der Waals surface area contributed by atoms with Crippen LogP contribution < -0.4 is 5.56 Å². The fourth-order valence-electron chi connectivity index (χ4n) is 3.09. The van der Waals surface area contributed by atoms with E-state index in [4.69, 9.17) is 0 Å². The standard InChI is InChI=1S/C15H20BrN3OS.C5H10O2/c1-10-7-17(2)4-5-19(10)8-11-6-12-14(21-11)13(16)9-18(3)15(12)20;1-5(2,3)7-4-6/h6,9-10H,4-5,7-8H2,1-3H3;4H,1-3H3. The van der Waals surface area contributed by atoms with Crippen LogP contribution in [0, 0.1) is 0 Å². The molecule has 0 radical (unpaired) electrons. The summed E-state index contributed by atoms with van der Waals surface area (Å²) in [5.41, 5.74) is -0.232. The molecule has 28 heavy (non-hydrogen) atoms. The van der Waals surface area contributed by atoms with Crippen LogP contribution in [0.15, 0.2) is 21.5 Å². The molecule has 0 N–H and O–H groups in total. The van der Waals surface area contributed by atoms with Crippen LogP contribution in [-0.4, -0.2) is 59.2 Å². The Bertz CT molecular complexity index is 872. The quantitative estimate of drug-likeness (QED) is 0.641. The van der Waals surface area contributed by atoms with Gasteiger partial charge in [0.1, 0.15) is 5.60 Å². The molecule has 0 bridgehead atoms. The smallest absolute Gasteiger partial charge is 0.293 e. The zero-order valence-electron chi connectivity index (χ0n) is 17.5. The molecule has 0 spiro atoms. The molecule has 1 saturated heterocycles. The normalized spacial score (nSPS) is 18.6. The number of carbonyl (C=O) groups is 1. The number of hydrogen-bond acceptors (Lipinski definition) is 6. The lowest BCUT2D eigenvalue weighted by Crippen LogP contribution is -2.49. The fraction of sp³-hybridized carbons (Fsp3) is 0.600. The molecule has 2 aromatic heterocycles. The van der Waals surface area contributed by atoms with E-state index in [9.17, 15) is 9.59 Å². The topological polar surface area (TPSA) is 54.8 Å². The summed E-state index contributed by atoms with van der Waals surface area (Å²) in [5.74, 6) is 0. The third-order valence-electron chi connectivity index (χ3n) is 4.59. The number of rotatable bonds is 3. The van der Waals surface area contributed by atoms with Crippen LogP contribution in [0.1, 0.15) is 32.6 Å². The molecule has 0 aliphatic carbocycles. The van der Waals surface area contributed by atoms with Crippen molar-refractivity contribution >= 4 is 43.8 Å². The Labute approximate surface area is 179 Å². The summed E-state index contributed by atoms with van der Waals surface area (Å²) in [4.78, 5) is 28.0. The lowest BCUT2D eigenvalue weighted by molar-refractivity contribution is -0.138. The maximum absolute atomic E-state index is 12.2. The number of aromatic nitrogens is 1. The highest BCUT2D eigenvalue weighted by molar-refractivity contribution is 9.10. The monoisotopic (exact) mass is 471 g/mol. The van der Waals surface area contributed by atoms with Crippen molar-refractivity contribution < 1.29 is 9.53 Å². The van der Waals surface area contributed by atoms with Gasteiger partial charge in [-0.05, 0) is 56.7 Å². The summed E-state index contributed by atoms with van der Waals surface area (Å²) in [7, 11) is 3.97. The van der Waals surface area contributed by atoms with E-state index in [1.54, 1.807) is 23.0 Å². The van der Waals surface area contributed by atoms with Gasteiger partial charge in [-0.2, -0.15) is 0 Å². The molecule has 156 valence electrons. The Kier molecular flexibility index (Phi) is 7.84. The molecule has 1 unspecified atom stereocenters. The highest BCUT2D eigenvalue weighted by Crippen LogP contribution is 2.31. The molecular formula is C20H30BrN3O3S. The van der Waals surface area contributed by atoms with Gasteiger partial charge in [0.25, 0.3) is 12.0 Å². The van der Waals surface area contributed by atoms with E-state index >= 15 is 0 Å². The van der Waals surface area contributed by atoms with Crippen molar-refractivity contribution in [2.24, 2.45) is 7.05 Å². The average molecular weight is 472 g/mol. The third kappa shape index (κ3) is 6.14. The molecule has 6 nitrogen and oxygen atoms in total. The van der Waals surface area contributed by atoms with Gasteiger partial charge < -0.3 is 14.2 Å². The van der Waals surface area contributed by atoms with Gasteiger partial charge in [-0.1, -0.05) is 0 Å².